The topological polar surface area (TPSA) is 40.5 Å². The van der Waals surface area contributed by atoms with Crippen LogP contribution in [0.3, 0.4) is 0 Å². The highest BCUT2D eigenvalue weighted by molar-refractivity contribution is 9.11. The number of aromatic hydroxyl groups is 1. The van der Waals surface area contributed by atoms with Crippen LogP contribution in [-0.2, 0) is 11.3 Å². The van der Waals surface area contributed by atoms with Crippen molar-refractivity contribution in [3.05, 3.63) is 68.1 Å². The van der Waals surface area contributed by atoms with Gasteiger partial charge in [-0.1, -0.05) is 30.3 Å². The summed E-state index contributed by atoms with van der Waals surface area (Å²) < 4.78 is 1.21. The number of phenols is 1. The Morgan fingerprint density at radius 2 is 1.79 bits per heavy atom. The van der Waals surface area contributed by atoms with Gasteiger partial charge in [-0.05, 0) is 61.2 Å². The molecule has 2 aromatic carbocycles. The number of benzene rings is 2. The highest BCUT2D eigenvalue weighted by Gasteiger charge is 2.21. The third-order valence-corrected chi connectivity index (χ3v) is 5.25. The van der Waals surface area contributed by atoms with Gasteiger partial charge in [-0.3, -0.25) is 9.69 Å². The van der Waals surface area contributed by atoms with E-state index in [9.17, 15) is 9.90 Å². The fourth-order valence-electron chi connectivity index (χ4n) is 2.80. The maximum atomic E-state index is 12.3. The smallest absolute Gasteiger partial charge is 0.161 e. The monoisotopic (exact) mass is 449 g/mol. The molecule has 0 atom stereocenters. The first-order valence-corrected chi connectivity index (χ1v) is 9.29. The summed E-state index contributed by atoms with van der Waals surface area (Å²) in [6.45, 7) is 2.27. The number of hydrogen-bond acceptors (Lipinski definition) is 3. The maximum absolute atomic E-state index is 12.3. The lowest BCUT2D eigenvalue weighted by Crippen LogP contribution is -2.35. The van der Waals surface area contributed by atoms with Crippen molar-refractivity contribution in [3.63, 3.8) is 0 Å². The number of piperidine rings is 1. The molecule has 0 aromatic heterocycles. The van der Waals surface area contributed by atoms with Crippen LogP contribution < -0.4 is 0 Å². The van der Waals surface area contributed by atoms with Crippen LogP contribution in [0.25, 0.3) is 6.08 Å². The molecule has 2 aromatic rings. The Bertz CT molecular complexity index is 764. The van der Waals surface area contributed by atoms with Crippen molar-refractivity contribution >= 4 is 43.7 Å². The van der Waals surface area contributed by atoms with Crippen molar-refractivity contribution in [3.8, 4) is 5.75 Å². The van der Waals surface area contributed by atoms with E-state index in [-0.39, 0.29) is 11.5 Å². The van der Waals surface area contributed by atoms with E-state index < -0.39 is 0 Å². The molecule has 0 spiro atoms. The van der Waals surface area contributed by atoms with Crippen molar-refractivity contribution in [2.24, 2.45) is 0 Å². The lowest BCUT2D eigenvalue weighted by Gasteiger charge is -2.28. The predicted octanol–water partition coefficient (Wildman–Crippen LogP) is 4.78. The van der Waals surface area contributed by atoms with Crippen LogP contribution in [0, 0.1) is 0 Å². The van der Waals surface area contributed by atoms with Crippen LogP contribution in [-0.4, -0.2) is 28.9 Å². The van der Waals surface area contributed by atoms with Gasteiger partial charge in [0.15, 0.2) is 5.78 Å². The second-order valence-electron chi connectivity index (χ2n) is 5.87. The summed E-state index contributed by atoms with van der Waals surface area (Å²) in [6.07, 6.45) is 2.45. The van der Waals surface area contributed by atoms with Gasteiger partial charge in [-0.25, -0.2) is 0 Å². The zero-order valence-corrected chi connectivity index (χ0v) is 16.2. The molecule has 0 bridgehead atoms. The minimum Gasteiger partial charge on any atom is -0.506 e. The van der Waals surface area contributed by atoms with Crippen molar-refractivity contribution in [2.45, 2.75) is 13.0 Å². The normalized spacial score (nSPS) is 17.4. The molecule has 5 heteroatoms. The summed E-state index contributed by atoms with van der Waals surface area (Å²) in [5.41, 5.74) is 2.94. The Balaban J connectivity index is 1.80. The Labute approximate surface area is 158 Å². The molecule has 0 saturated carbocycles. The molecule has 1 N–H and O–H groups in total. The first kappa shape index (κ1) is 17.4. The molecule has 1 saturated heterocycles. The van der Waals surface area contributed by atoms with Crippen LogP contribution in [0.1, 0.15) is 17.5 Å². The van der Waals surface area contributed by atoms with Crippen molar-refractivity contribution in [1.29, 1.82) is 0 Å². The average Bonchev–Trinajstić information content (AvgIpc) is 2.56. The largest absolute Gasteiger partial charge is 0.506 e. The van der Waals surface area contributed by atoms with Crippen molar-refractivity contribution < 1.29 is 9.90 Å². The number of rotatable bonds is 3. The van der Waals surface area contributed by atoms with Crippen LogP contribution in [0.5, 0.6) is 5.75 Å². The third kappa shape index (κ3) is 4.15. The Hall–Kier alpha value is -1.43. The number of likely N-dealkylation sites (tertiary alicyclic amines) is 1. The van der Waals surface area contributed by atoms with Gasteiger partial charge in [-0.2, -0.15) is 0 Å². The molecule has 3 rings (SSSR count). The minimum atomic E-state index is 0.165. The molecule has 3 nitrogen and oxygen atoms in total. The van der Waals surface area contributed by atoms with Crippen LogP contribution in [0.15, 0.2) is 57.0 Å². The quantitative estimate of drug-likeness (QED) is 0.684. The lowest BCUT2D eigenvalue weighted by atomic mass is 9.99. The molecule has 1 fully saturated rings. The molecule has 1 heterocycles. The zero-order chi connectivity index (χ0) is 17.1. The Morgan fingerprint density at radius 1 is 1.12 bits per heavy atom. The SMILES string of the molecule is O=C1CCN(Cc2ccccc2)C/C1=C\c1cc(Br)c(O)c(Br)c1. The number of carbonyl (C=O) groups is 1. The zero-order valence-electron chi connectivity index (χ0n) is 13.0. The number of phenolic OH excluding ortho intramolecular Hbond substituents is 1. The standard InChI is InChI=1S/C19H17Br2NO2/c20-16-9-14(10-17(21)19(16)24)8-15-12-22(7-6-18(15)23)11-13-4-2-1-3-5-13/h1-5,8-10,24H,6-7,11-12H2/b15-8+. The van der Waals surface area contributed by atoms with Gasteiger partial charge in [0.2, 0.25) is 0 Å². The van der Waals surface area contributed by atoms with E-state index in [0.717, 1.165) is 24.2 Å². The first-order valence-electron chi connectivity index (χ1n) is 7.71. The number of hydrogen-bond donors (Lipinski definition) is 1. The van der Waals surface area contributed by atoms with E-state index in [4.69, 9.17) is 0 Å². The summed E-state index contributed by atoms with van der Waals surface area (Å²) in [6, 6.07) is 13.9. The summed E-state index contributed by atoms with van der Waals surface area (Å²) >= 11 is 6.66. The van der Waals surface area contributed by atoms with Gasteiger partial charge in [0, 0.05) is 31.6 Å². The van der Waals surface area contributed by atoms with E-state index in [1.54, 1.807) is 0 Å². The van der Waals surface area contributed by atoms with Gasteiger partial charge in [0.1, 0.15) is 5.75 Å². The second kappa shape index (κ2) is 7.64. The number of ketones is 1. The number of carbonyl (C=O) groups excluding carboxylic acids is 1. The summed E-state index contributed by atoms with van der Waals surface area (Å²) in [5.74, 6) is 0.359. The molecule has 1 aliphatic heterocycles. The Kier molecular flexibility index (Phi) is 5.54. The van der Waals surface area contributed by atoms with E-state index in [0.29, 0.717) is 21.9 Å². The van der Waals surface area contributed by atoms with E-state index in [1.807, 2.05) is 36.4 Å². The number of Topliss-reactive ketones (excluding diaryl/α,β-unsaturated/α-hetero) is 1. The van der Waals surface area contributed by atoms with Crippen molar-refractivity contribution in [2.75, 3.05) is 13.1 Å². The van der Waals surface area contributed by atoms with Gasteiger partial charge in [0.25, 0.3) is 0 Å². The van der Waals surface area contributed by atoms with Crippen LogP contribution >= 0.6 is 31.9 Å². The summed E-state index contributed by atoms with van der Waals surface area (Å²) in [4.78, 5) is 14.6. The highest BCUT2D eigenvalue weighted by Crippen LogP contribution is 2.34. The predicted molar refractivity (Wildman–Crippen MR) is 103 cm³/mol. The Morgan fingerprint density at radius 3 is 2.46 bits per heavy atom. The molecular weight excluding hydrogens is 434 g/mol. The van der Waals surface area contributed by atoms with Crippen molar-refractivity contribution in [1.82, 2.24) is 4.90 Å². The van der Waals surface area contributed by atoms with E-state index in [1.165, 1.54) is 5.56 Å². The molecule has 0 amide bonds. The number of nitrogens with zero attached hydrogens (tertiary/aromatic N) is 1. The average molecular weight is 451 g/mol. The molecule has 24 heavy (non-hydrogen) atoms. The maximum Gasteiger partial charge on any atom is 0.161 e. The molecule has 1 aliphatic rings. The molecular formula is C19H17Br2NO2. The molecule has 0 unspecified atom stereocenters. The molecule has 0 aliphatic carbocycles. The number of halogens is 2. The van der Waals surface area contributed by atoms with E-state index >= 15 is 0 Å². The molecule has 0 radical (unpaired) electrons. The lowest BCUT2D eigenvalue weighted by molar-refractivity contribution is -0.117. The van der Waals surface area contributed by atoms with Crippen LogP contribution in [0.4, 0.5) is 0 Å². The molecule has 124 valence electrons. The fraction of sp³-hybridized carbons (Fsp3) is 0.211. The van der Waals surface area contributed by atoms with Gasteiger partial charge in [-0.15, -0.1) is 0 Å². The van der Waals surface area contributed by atoms with E-state index in [2.05, 4.69) is 48.9 Å². The van der Waals surface area contributed by atoms with Gasteiger partial charge in [0.05, 0.1) is 8.95 Å². The van der Waals surface area contributed by atoms with Gasteiger partial charge < -0.3 is 5.11 Å². The fourth-order valence-corrected chi connectivity index (χ4v) is 4.02. The summed E-state index contributed by atoms with van der Waals surface area (Å²) in [7, 11) is 0. The first-order chi connectivity index (χ1) is 11.5. The third-order valence-electron chi connectivity index (χ3n) is 4.04. The second-order valence-corrected chi connectivity index (χ2v) is 7.58. The van der Waals surface area contributed by atoms with Crippen LogP contribution in [0.2, 0.25) is 0 Å². The van der Waals surface area contributed by atoms with Gasteiger partial charge >= 0.3 is 0 Å². The minimum absolute atomic E-state index is 0.165. The highest BCUT2D eigenvalue weighted by atomic mass is 79.9. The summed E-state index contributed by atoms with van der Waals surface area (Å²) in [5, 5.41) is 9.81.